The zero-order valence-corrected chi connectivity index (χ0v) is 14.0. The molecular weight excluding hydrogens is 402 g/mol. The summed E-state index contributed by atoms with van der Waals surface area (Å²) in [6.07, 6.45) is 0.346. The molecule has 0 fully saturated rings. The van der Waals surface area contributed by atoms with E-state index in [4.69, 9.17) is 10.4 Å². The quantitative estimate of drug-likeness (QED) is 0.780. The van der Waals surface area contributed by atoms with Crippen LogP contribution in [0, 0.1) is 11.3 Å². The van der Waals surface area contributed by atoms with Crippen molar-refractivity contribution in [1.29, 1.82) is 5.26 Å². The highest BCUT2D eigenvalue weighted by molar-refractivity contribution is 9.10. The Hall–Kier alpha value is -1.78. The van der Waals surface area contributed by atoms with Crippen molar-refractivity contribution in [2.45, 2.75) is 12.8 Å². The van der Waals surface area contributed by atoms with Gasteiger partial charge in [-0.3, -0.25) is 4.79 Å². The Labute approximate surface area is 138 Å². The van der Waals surface area contributed by atoms with Gasteiger partial charge in [-0.15, -0.1) is 0 Å². The molecule has 0 unspecified atom stereocenters. The van der Waals surface area contributed by atoms with Crippen LogP contribution in [0.1, 0.15) is 11.4 Å². The van der Waals surface area contributed by atoms with Crippen LogP contribution in [0.25, 0.3) is 0 Å². The van der Waals surface area contributed by atoms with Crippen molar-refractivity contribution in [2.24, 2.45) is 0 Å². The number of nitriles is 1. The van der Waals surface area contributed by atoms with Crippen LogP contribution in [-0.2, 0) is 17.6 Å². The lowest BCUT2D eigenvalue weighted by molar-refractivity contribution is -0.136. The number of pyridine rings is 2. The van der Waals surface area contributed by atoms with Gasteiger partial charge in [0.2, 0.25) is 0 Å². The van der Waals surface area contributed by atoms with Gasteiger partial charge in [-0.05, 0) is 56.1 Å². The molecule has 0 bridgehead atoms. The predicted molar refractivity (Wildman–Crippen MR) is 84.5 cm³/mol. The molecule has 2 rings (SSSR count). The van der Waals surface area contributed by atoms with E-state index < -0.39 is 5.97 Å². The van der Waals surface area contributed by atoms with E-state index in [1.54, 1.807) is 18.2 Å². The minimum atomic E-state index is -0.865. The van der Waals surface area contributed by atoms with E-state index in [1.165, 1.54) is 0 Å². The van der Waals surface area contributed by atoms with E-state index in [0.717, 1.165) is 10.3 Å². The highest BCUT2D eigenvalue weighted by Gasteiger charge is 2.00. The summed E-state index contributed by atoms with van der Waals surface area (Å²) >= 11 is 6.36. The summed E-state index contributed by atoms with van der Waals surface area (Å²) in [6, 6.07) is 12.7. The summed E-state index contributed by atoms with van der Waals surface area (Å²) in [5, 5.41) is 16.7. The maximum Gasteiger partial charge on any atom is 0.309 e. The van der Waals surface area contributed by atoms with E-state index >= 15 is 0 Å². The first kappa shape index (κ1) is 17.3. The molecule has 0 aromatic carbocycles. The number of carboxylic acids is 1. The summed E-state index contributed by atoms with van der Waals surface area (Å²) in [7, 11) is 0. The summed E-state index contributed by atoms with van der Waals surface area (Å²) < 4.78 is 1.44. The van der Waals surface area contributed by atoms with Gasteiger partial charge in [0.25, 0.3) is 0 Å². The maximum absolute atomic E-state index is 10.2. The molecule has 7 heteroatoms. The Morgan fingerprint density at radius 1 is 1.10 bits per heavy atom. The molecule has 0 saturated carbocycles. The summed E-state index contributed by atoms with van der Waals surface area (Å²) in [5.41, 5.74) is 1.36. The van der Waals surface area contributed by atoms with Crippen molar-refractivity contribution < 1.29 is 9.90 Å². The van der Waals surface area contributed by atoms with E-state index in [9.17, 15) is 4.79 Å². The second-order valence-corrected chi connectivity index (χ2v) is 5.43. The van der Waals surface area contributed by atoms with E-state index in [1.807, 2.05) is 24.3 Å². The Morgan fingerprint density at radius 2 is 1.62 bits per heavy atom. The van der Waals surface area contributed by atoms with E-state index in [0.29, 0.717) is 16.7 Å². The van der Waals surface area contributed by atoms with E-state index in [2.05, 4.69) is 41.8 Å². The SMILES string of the molecule is N#CCc1cccc(Br)n1.O=C(O)Cc1cccc(Br)n1. The molecule has 1 N–H and O–H groups in total. The first-order valence-corrected chi connectivity index (χ1v) is 7.41. The summed E-state index contributed by atoms with van der Waals surface area (Å²) in [5.74, 6) is -0.865. The first-order valence-electron chi connectivity index (χ1n) is 5.83. The fraction of sp³-hybridized carbons (Fsp3) is 0.143. The van der Waals surface area contributed by atoms with Crippen molar-refractivity contribution in [3.8, 4) is 6.07 Å². The number of aliphatic carboxylic acids is 1. The second kappa shape index (κ2) is 9.21. The van der Waals surface area contributed by atoms with Crippen LogP contribution in [0.5, 0.6) is 0 Å². The third-order valence-electron chi connectivity index (χ3n) is 2.14. The first-order chi connectivity index (χ1) is 10.0. The molecular formula is C14H11Br2N3O2. The Morgan fingerprint density at radius 3 is 2.10 bits per heavy atom. The predicted octanol–water partition coefficient (Wildman–Crippen LogP) is 3.38. The Bertz CT molecular complexity index is 657. The maximum atomic E-state index is 10.2. The number of rotatable bonds is 3. The monoisotopic (exact) mass is 411 g/mol. The number of halogens is 2. The van der Waals surface area contributed by atoms with Crippen LogP contribution >= 0.6 is 31.9 Å². The van der Waals surface area contributed by atoms with Crippen LogP contribution in [0.2, 0.25) is 0 Å². The summed E-state index contributed by atoms with van der Waals surface area (Å²) in [4.78, 5) is 18.2. The third kappa shape index (κ3) is 7.54. The molecule has 2 heterocycles. The van der Waals surface area contributed by atoms with Gasteiger partial charge in [0.1, 0.15) is 9.21 Å². The fourth-order valence-electron chi connectivity index (χ4n) is 1.33. The van der Waals surface area contributed by atoms with Gasteiger partial charge in [-0.1, -0.05) is 12.1 Å². The van der Waals surface area contributed by atoms with Gasteiger partial charge in [0.15, 0.2) is 0 Å². The van der Waals surface area contributed by atoms with Gasteiger partial charge < -0.3 is 5.11 Å². The molecule has 0 aliphatic carbocycles. The average molecular weight is 413 g/mol. The Balaban J connectivity index is 0.000000211. The van der Waals surface area contributed by atoms with Crippen LogP contribution in [-0.4, -0.2) is 21.0 Å². The van der Waals surface area contributed by atoms with Crippen LogP contribution in [0.15, 0.2) is 45.6 Å². The zero-order valence-electron chi connectivity index (χ0n) is 10.8. The molecule has 21 heavy (non-hydrogen) atoms. The molecule has 0 amide bonds. The van der Waals surface area contributed by atoms with Crippen molar-refractivity contribution in [2.75, 3.05) is 0 Å². The van der Waals surface area contributed by atoms with E-state index in [-0.39, 0.29) is 6.42 Å². The third-order valence-corrected chi connectivity index (χ3v) is 3.02. The van der Waals surface area contributed by atoms with Gasteiger partial charge in [-0.25, -0.2) is 9.97 Å². The minimum absolute atomic E-state index is 0.0283. The molecule has 0 saturated heterocycles. The van der Waals surface area contributed by atoms with Crippen molar-refractivity contribution >= 4 is 37.8 Å². The number of carbonyl (C=O) groups is 1. The number of carboxylic acid groups (broad SMARTS) is 1. The lowest BCUT2D eigenvalue weighted by atomic mass is 10.3. The Kier molecular flexibility index (Phi) is 7.58. The number of hydrogen-bond acceptors (Lipinski definition) is 4. The van der Waals surface area contributed by atoms with Crippen LogP contribution in [0.3, 0.4) is 0 Å². The molecule has 2 aromatic heterocycles. The fourth-order valence-corrected chi connectivity index (χ4v) is 2.09. The van der Waals surface area contributed by atoms with Gasteiger partial charge in [0.05, 0.1) is 30.3 Å². The topological polar surface area (TPSA) is 86.9 Å². The number of hydrogen-bond donors (Lipinski definition) is 1. The molecule has 0 atom stereocenters. The zero-order chi connectivity index (χ0) is 15.7. The lowest BCUT2D eigenvalue weighted by Crippen LogP contribution is -2.01. The molecule has 0 aliphatic heterocycles. The number of aromatic nitrogens is 2. The summed E-state index contributed by atoms with van der Waals surface area (Å²) in [6.45, 7) is 0. The van der Waals surface area contributed by atoms with Crippen molar-refractivity contribution in [3.05, 3.63) is 57.0 Å². The average Bonchev–Trinajstić information content (AvgIpc) is 2.39. The van der Waals surface area contributed by atoms with Gasteiger partial charge in [0, 0.05) is 0 Å². The minimum Gasteiger partial charge on any atom is -0.481 e. The largest absolute Gasteiger partial charge is 0.481 e. The van der Waals surface area contributed by atoms with Gasteiger partial charge in [-0.2, -0.15) is 5.26 Å². The molecule has 5 nitrogen and oxygen atoms in total. The smallest absolute Gasteiger partial charge is 0.309 e. The highest BCUT2D eigenvalue weighted by atomic mass is 79.9. The van der Waals surface area contributed by atoms with Gasteiger partial charge >= 0.3 is 5.97 Å². The molecule has 2 aromatic rings. The van der Waals surface area contributed by atoms with Crippen LogP contribution < -0.4 is 0 Å². The number of nitrogens with zero attached hydrogens (tertiary/aromatic N) is 3. The molecule has 0 aliphatic rings. The molecule has 0 spiro atoms. The standard InChI is InChI=1S/C7H5BrN2.C7H6BrNO2/c8-7-3-1-2-6(10-7)4-5-9;8-6-3-1-2-5(9-6)4-7(10)11/h1-3H,4H2;1-3H,4H2,(H,10,11). The van der Waals surface area contributed by atoms with Crippen molar-refractivity contribution in [3.63, 3.8) is 0 Å². The lowest BCUT2D eigenvalue weighted by Gasteiger charge is -1.94. The normalized spacial score (nSPS) is 9.19. The van der Waals surface area contributed by atoms with Crippen LogP contribution in [0.4, 0.5) is 0 Å². The highest BCUT2D eigenvalue weighted by Crippen LogP contribution is 2.06. The van der Waals surface area contributed by atoms with Crippen molar-refractivity contribution in [1.82, 2.24) is 9.97 Å². The molecule has 108 valence electrons. The second-order valence-electron chi connectivity index (χ2n) is 3.81. The molecule has 0 radical (unpaired) electrons.